The highest BCUT2D eigenvalue weighted by atomic mass is 32.2. The number of halogens is 1. The molecule has 0 atom stereocenters. The third-order valence-electron chi connectivity index (χ3n) is 3.96. The number of benzene rings is 2. The average Bonchev–Trinajstić information content (AvgIpc) is 3.04. The van der Waals surface area contributed by atoms with E-state index in [2.05, 4.69) is 10.1 Å². The van der Waals surface area contributed by atoms with Crippen molar-refractivity contribution in [1.82, 2.24) is 19.7 Å². The van der Waals surface area contributed by atoms with E-state index in [1.54, 1.807) is 42.8 Å². The van der Waals surface area contributed by atoms with Gasteiger partial charge >= 0.3 is 0 Å². The highest BCUT2D eigenvalue weighted by Crippen LogP contribution is 2.16. The second kappa shape index (κ2) is 7.70. The van der Waals surface area contributed by atoms with Gasteiger partial charge in [0.1, 0.15) is 11.6 Å². The topological polar surface area (TPSA) is 51.0 Å². The molecule has 2 aromatic carbocycles. The smallest absolute Gasteiger partial charge is 0.293 e. The van der Waals surface area contributed by atoms with E-state index in [1.165, 1.54) is 21.7 Å². The van der Waals surface area contributed by atoms with Crippen LogP contribution in [0.15, 0.2) is 53.4 Å². The van der Waals surface area contributed by atoms with E-state index in [0.29, 0.717) is 18.1 Å². The Morgan fingerprint density at radius 2 is 1.81 bits per heavy atom. The second-order valence-corrected chi connectivity index (χ2v) is 6.76. The van der Waals surface area contributed by atoms with Crippen molar-refractivity contribution in [3.05, 3.63) is 71.6 Å². The minimum Gasteiger partial charge on any atom is -0.335 e. The minimum atomic E-state index is -0.324. The van der Waals surface area contributed by atoms with E-state index >= 15 is 0 Å². The molecule has 3 rings (SSSR count). The van der Waals surface area contributed by atoms with Crippen molar-refractivity contribution < 1.29 is 9.18 Å². The molecule has 0 aliphatic heterocycles. The molecule has 26 heavy (non-hydrogen) atoms. The number of carbonyl (C=O) groups excluding carboxylic acids is 1. The summed E-state index contributed by atoms with van der Waals surface area (Å²) in [5.74, 6) is 0.102. The van der Waals surface area contributed by atoms with E-state index < -0.39 is 0 Å². The van der Waals surface area contributed by atoms with Crippen molar-refractivity contribution in [3.63, 3.8) is 0 Å². The lowest BCUT2D eigenvalue weighted by Gasteiger charge is -2.15. The van der Waals surface area contributed by atoms with Crippen molar-refractivity contribution in [3.8, 4) is 5.69 Å². The molecular weight excluding hydrogens is 351 g/mol. The Morgan fingerprint density at radius 3 is 2.42 bits per heavy atom. The minimum absolute atomic E-state index is 0.120. The van der Waals surface area contributed by atoms with Gasteiger partial charge in [-0.2, -0.15) is 0 Å². The molecule has 0 saturated heterocycles. The van der Waals surface area contributed by atoms with Gasteiger partial charge in [0.25, 0.3) is 5.91 Å². The predicted molar refractivity (Wildman–Crippen MR) is 100 cm³/mol. The molecule has 134 valence electrons. The van der Waals surface area contributed by atoms with Crippen LogP contribution in [-0.2, 0) is 6.54 Å². The van der Waals surface area contributed by atoms with Crippen molar-refractivity contribution in [2.75, 3.05) is 13.3 Å². The van der Waals surface area contributed by atoms with Crippen LogP contribution in [0.3, 0.4) is 0 Å². The van der Waals surface area contributed by atoms with Gasteiger partial charge in [-0.15, -0.1) is 16.9 Å². The summed E-state index contributed by atoms with van der Waals surface area (Å²) in [6, 6.07) is 14.0. The zero-order valence-corrected chi connectivity index (χ0v) is 15.6. The van der Waals surface area contributed by atoms with Crippen LogP contribution in [0.5, 0.6) is 0 Å². The van der Waals surface area contributed by atoms with Crippen LogP contribution in [0.1, 0.15) is 22.0 Å². The third kappa shape index (κ3) is 3.94. The molecule has 1 aromatic heterocycles. The maximum Gasteiger partial charge on any atom is 0.293 e. The molecule has 5 nitrogen and oxygen atoms in total. The fourth-order valence-corrected chi connectivity index (χ4v) is 2.96. The molecule has 0 radical (unpaired) electrons. The first kappa shape index (κ1) is 18.1. The highest BCUT2D eigenvalue weighted by molar-refractivity contribution is 7.98. The molecular formula is C19H19FN4OS. The van der Waals surface area contributed by atoms with E-state index in [4.69, 9.17) is 0 Å². The molecule has 0 bridgehead atoms. The van der Waals surface area contributed by atoms with Gasteiger partial charge in [0.15, 0.2) is 0 Å². The van der Waals surface area contributed by atoms with Gasteiger partial charge < -0.3 is 4.90 Å². The number of carbonyl (C=O) groups is 1. The standard InChI is InChI=1S/C19H19FN4OS/c1-13-21-18(22-24(13)16-8-6-15(20)7-9-16)19(25)23(2)12-14-4-10-17(26-3)11-5-14/h4-11H,12H2,1-3H3. The number of nitrogens with zero attached hydrogens (tertiary/aromatic N) is 4. The third-order valence-corrected chi connectivity index (χ3v) is 4.70. The summed E-state index contributed by atoms with van der Waals surface area (Å²) in [7, 11) is 1.72. The van der Waals surface area contributed by atoms with Gasteiger partial charge in [0.2, 0.25) is 5.82 Å². The molecule has 0 unspecified atom stereocenters. The van der Waals surface area contributed by atoms with Gasteiger partial charge in [0, 0.05) is 18.5 Å². The fourth-order valence-electron chi connectivity index (χ4n) is 2.55. The fraction of sp³-hybridized carbons (Fsp3) is 0.211. The van der Waals surface area contributed by atoms with Gasteiger partial charge in [-0.3, -0.25) is 4.79 Å². The van der Waals surface area contributed by atoms with Gasteiger partial charge in [-0.25, -0.2) is 14.1 Å². The molecule has 0 aliphatic carbocycles. The van der Waals surface area contributed by atoms with Crippen molar-refractivity contribution in [2.45, 2.75) is 18.4 Å². The van der Waals surface area contributed by atoms with Crippen LogP contribution in [0.25, 0.3) is 5.69 Å². The Balaban J connectivity index is 1.76. The van der Waals surface area contributed by atoms with Crippen molar-refractivity contribution in [2.24, 2.45) is 0 Å². The normalized spacial score (nSPS) is 10.8. The summed E-state index contributed by atoms with van der Waals surface area (Å²) >= 11 is 1.68. The lowest BCUT2D eigenvalue weighted by molar-refractivity contribution is 0.0773. The molecule has 1 amide bonds. The number of hydrogen-bond acceptors (Lipinski definition) is 4. The largest absolute Gasteiger partial charge is 0.335 e. The number of thioether (sulfide) groups is 1. The Hall–Kier alpha value is -2.67. The van der Waals surface area contributed by atoms with Crippen LogP contribution in [0.2, 0.25) is 0 Å². The summed E-state index contributed by atoms with van der Waals surface area (Å²) < 4.78 is 14.6. The summed E-state index contributed by atoms with van der Waals surface area (Å²) in [4.78, 5) is 19.7. The lowest BCUT2D eigenvalue weighted by atomic mass is 10.2. The quantitative estimate of drug-likeness (QED) is 0.643. The highest BCUT2D eigenvalue weighted by Gasteiger charge is 2.19. The number of amides is 1. The first-order chi connectivity index (χ1) is 12.5. The first-order valence-corrected chi connectivity index (χ1v) is 9.28. The molecule has 0 spiro atoms. The Kier molecular flexibility index (Phi) is 5.37. The van der Waals surface area contributed by atoms with Gasteiger partial charge in [-0.05, 0) is 55.1 Å². The molecule has 0 fully saturated rings. The monoisotopic (exact) mass is 370 g/mol. The van der Waals surface area contributed by atoms with Crippen LogP contribution in [-0.4, -0.2) is 38.9 Å². The van der Waals surface area contributed by atoms with Crippen LogP contribution in [0, 0.1) is 12.7 Å². The maximum atomic E-state index is 13.1. The summed E-state index contributed by atoms with van der Waals surface area (Å²) in [6.45, 7) is 2.23. The Labute approximate surface area is 155 Å². The van der Waals surface area contributed by atoms with Gasteiger partial charge in [0.05, 0.1) is 5.69 Å². The van der Waals surface area contributed by atoms with Crippen LogP contribution in [0.4, 0.5) is 4.39 Å². The van der Waals surface area contributed by atoms with Crippen molar-refractivity contribution in [1.29, 1.82) is 0 Å². The van der Waals surface area contributed by atoms with E-state index in [1.807, 2.05) is 30.5 Å². The number of hydrogen-bond donors (Lipinski definition) is 0. The first-order valence-electron chi connectivity index (χ1n) is 8.06. The number of aryl methyl sites for hydroxylation is 1. The zero-order chi connectivity index (χ0) is 18.7. The Morgan fingerprint density at radius 1 is 1.15 bits per heavy atom. The molecule has 0 saturated carbocycles. The lowest BCUT2D eigenvalue weighted by Crippen LogP contribution is -2.27. The van der Waals surface area contributed by atoms with E-state index in [-0.39, 0.29) is 17.5 Å². The summed E-state index contributed by atoms with van der Waals surface area (Å²) in [5, 5.41) is 4.29. The second-order valence-electron chi connectivity index (χ2n) is 5.88. The van der Waals surface area contributed by atoms with Gasteiger partial charge in [-0.1, -0.05) is 12.1 Å². The summed E-state index contributed by atoms with van der Waals surface area (Å²) in [6.07, 6.45) is 2.02. The SMILES string of the molecule is CSc1ccc(CN(C)C(=O)c2nc(C)n(-c3ccc(F)cc3)n2)cc1. The zero-order valence-electron chi connectivity index (χ0n) is 14.8. The molecule has 0 aliphatic rings. The Bertz CT molecular complexity index is 906. The maximum absolute atomic E-state index is 13.1. The summed E-state index contributed by atoms with van der Waals surface area (Å²) in [5.41, 5.74) is 1.69. The van der Waals surface area contributed by atoms with Crippen molar-refractivity contribution >= 4 is 17.7 Å². The van der Waals surface area contributed by atoms with E-state index in [0.717, 1.165) is 5.56 Å². The average molecular weight is 370 g/mol. The van der Waals surface area contributed by atoms with E-state index in [9.17, 15) is 9.18 Å². The number of aromatic nitrogens is 3. The van der Waals surface area contributed by atoms with Crippen LogP contribution >= 0.6 is 11.8 Å². The predicted octanol–water partition coefficient (Wildman–Crippen LogP) is 3.71. The molecule has 0 N–H and O–H groups in total. The van der Waals surface area contributed by atoms with Crippen LogP contribution < -0.4 is 0 Å². The molecule has 3 aromatic rings. The molecule has 7 heteroatoms. The number of rotatable bonds is 5. The molecule has 1 heterocycles.